The number of nitrogens with zero attached hydrogens (tertiary/aromatic N) is 1. The van der Waals surface area contributed by atoms with Gasteiger partial charge in [0.15, 0.2) is 0 Å². The van der Waals surface area contributed by atoms with Gasteiger partial charge >= 0.3 is 0 Å². The molecule has 0 aromatic rings. The molecule has 0 aliphatic carbocycles. The molecule has 4 heteroatoms. The van der Waals surface area contributed by atoms with Crippen LogP contribution in [0.4, 0.5) is 0 Å². The molecule has 1 amide bonds. The van der Waals surface area contributed by atoms with Crippen LogP contribution in [0.25, 0.3) is 0 Å². The first kappa shape index (κ1) is 12.5. The average molecular weight is 214 g/mol. The van der Waals surface area contributed by atoms with E-state index in [9.17, 15) is 4.79 Å². The summed E-state index contributed by atoms with van der Waals surface area (Å²) < 4.78 is 5.30. The van der Waals surface area contributed by atoms with E-state index in [-0.39, 0.29) is 11.9 Å². The summed E-state index contributed by atoms with van der Waals surface area (Å²) >= 11 is 0. The van der Waals surface area contributed by atoms with Gasteiger partial charge in [0.05, 0.1) is 12.6 Å². The molecule has 88 valence electrons. The molecule has 1 rings (SSSR count). The van der Waals surface area contributed by atoms with Gasteiger partial charge in [-0.1, -0.05) is 6.92 Å². The molecule has 0 spiro atoms. The Hall–Kier alpha value is -0.610. The Morgan fingerprint density at radius 1 is 1.60 bits per heavy atom. The third-order valence-corrected chi connectivity index (χ3v) is 2.95. The van der Waals surface area contributed by atoms with Gasteiger partial charge in [0.1, 0.15) is 0 Å². The van der Waals surface area contributed by atoms with Gasteiger partial charge in [0.25, 0.3) is 0 Å². The Labute approximate surface area is 91.8 Å². The number of carbonyl (C=O) groups is 1. The highest BCUT2D eigenvalue weighted by molar-refractivity contribution is 5.81. The Balaban J connectivity index is 2.43. The number of carbonyl (C=O) groups excluding carboxylic acids is 1. The van der Waals surface area contributed by atoms with Crippen molar-refractivity contribution in [2.45, 2.75) is 32.7 Å². The van der Waals surface area contributed by atoms with Crippen molar-refractivity contribution in [3.63, 3.8) is 0 Å². The first-order chi connectivity index (χ1) is 7.19. The number of amides is 1. The van der Waals surface area contributed by atoms with Gasteiger partial charge in [0, 0.05) is 25.6 Å². The monoisotopic (exact) mass is 214 g/mol. The maximum absolute atomic E-state index is 11.9. The highest BCUT2D eigenvalue weighted by atomic mass is 16.5. The molecule has 1 heterocycles. The first-order valence-electron chi connectivity index (χ1n) is 5.81. The van der Waals surface area contributed by atoms with Crippen molar-refractivity contribution in [2.75, 3.05) is 26.3 Å². The lowest BCUT2D eigenvalue weighted by Gasteiger charge is -2.26. The lowest BCUT2D eigenvalue weighted by molar-refractivity contribution is -0.133. The Morgan fingerprint density at radius 3 is 2.80 bits per heavy atom. The van der Waals surface area contributed by atoms with Crippen LogP contribution in [0.15, 0.2) is 0 Å². The number of ether oxygens (including phenoxy) is 1. The van der Waals surface area contributed by atoms with Crippen molar-refractivity contribution in [3.05, 3.63) is 0 Å². The summed E-state index contributed by atoms with van der Waals surface area (Å²) in [4.78, 5) is 13.7. The predicted octanol–water partition coefficient (Wildman–Crippen LogP) is 0.609. The minimum absolute atomic E-state index is 0.0758. The molecule has 15 heavy (non-hydrogen) atoms. The fourth-order valence-corrected chi connectivity index (χ4v) is 1.82. The van der Waals surface area contributed by atoms with E-state index in [1.807, 2.05) is 18.7 Å². The van der Waals surface area contributed by atoms with Crippen LogP contribution >= 0.6 is 0 Å². The van der Waals surface area contributed by atoms with Crippen molar-refractivity contribution in [2.24, 2.45) is 11.7 Å². The Bertz CT molecular complexity index is 203. The van der Waals surface area contributed by atoms with Crippen molar-refractivity contribution in [1.29, 1.82) is 0 Å². The predicted molar refractivity (Wildman–Crippen MR) is 59.4 cm³/mol. The van der Waals surface area contributed by atoms with Crippen molar-refractivity contribution in [3.8, 4) is 0 Å². The van der Waals surface area contributed by atoms with Crippen molar-refractivity contribution < 1.29 is 9.53 Å². The summed E-state index contributed by atoms with van der Waals surface area (Å²) in [6.07, 6.45) is 1.77. The number of hydrogen-bond donors (Lipinski definition) is 1. The fourth-order valence-electron chi connectivity index (χ4n) is 1.82. The van der Waals surface area contributed by atoms with Gasteiger partial charge < -0.3 is 15.4 Å². The third-order valence-electron chi connectivity index (χ3n) is 2.95. The molecule has 1 saturated heterocycles. The third kappa shape index (κ3) is 3.47. The van der Waals surface area contributed by atoms with Crippen LogP contribution in [-0.2, 0) is 9.53 Å². The lowest BCUT2D eigenvalue weighted by atomic mass is 10.1. The van der Waals surface area contributed by atoms with Crippen molar-refractivity contribution in [1.82, 2.24) is 4.90 Å². The maximum atomic E-state index is 11.9. The van der Waals surface area contributed by atoms with Crippen LogP contribution in [0.5, 0.6) is 0 Å². The van der Waals surface area contributed by atoms with Crippen LogP contribution in [0.2, 0.25) is 0 Å². The average Bonchev–Trinajstić information content (AvgIpc) is 2.76. The summed E-state index contributed by atoms with van der Waals surface area (Å²) in [5.74, 6) is 0.574. The minimum Gasteiger partial charge on any atom is -0.381 e. The van der Waals surface area contributed by atoms with Crippen LogP contribution in [-0.4, -0.2) is 43.2 Å². The lowest BCUT2D eigenvalue weighted by Crippen LogP contribution is -2.45. The number of rotatable bonds is 5. The smallest absolute Gasteiger partial charge is 0.239 e. The zero-order valence-electron chi connectivity index (χ0n) is 9.74. The second kappa shape index (κ2) is 6.08. The Morgan fingerprint density at radius 2 is 2.33 bits per heavy atom. The van der Waals surface area contributed by atoms with Gasteiger partial charge in [-0.3, -0.25) is 4.79 Å². The van der Waals surface area contributed by atoms with E-state index in [1.54, 1.807) is 0 Å². The molecule has 1 aliphatic rings. The van der Waals surface area contributed by atoms with Crippen LogP contribution in [0.1, 0.15) is 26.7 Å². The minimum atomic E-state index is -0.340. The summed E-state index contributed by atoms with van der Waals surface area (Å²) in [7, 11) is 0. The van der Waals surface area contributed by atoms with Crippen LogP contribution in [0, 0.1) is 5.92 Å². The normalized spacial score (nSPS) is 22.7. The topological polar surface area (TPSA) is 55.6 Å². The van der Waals surface area contributed by atoms with E-state index >= 15 is 0 Å². The molecule has 0 aromatic carbocycles. The number of likely N-dealkylation sites (N-methyl/N-ethyl adjacent to an activating group) is 1. The molecule has 2 atom stereocenters. The van der Waals surface area contributed by atoms with E-state index in [0.717, 1.165) is 32.7 Å². The molecule has 1 fully saturated rings. The van der Waals surface area contributed by atoms with Crippen LogP contribution < -0.4 is 5.73 Å². The van der Waals surface area contributed by atoms with Crippen LogP contribution in [0.3, 0.4) is 0 Å². The molecule has 2 unspecified atom stereocenters. The SMILES string of the molecule is CCC(N)C(=O)N(CC)CC1CCOC1. The Kier molecular flexibility index (Phi) is 5.05. The van der Waals surface area contributed by atoms with Gasteiger partial charge in [-0.2, -0.15) is 0 Å². The molecular weight excluding hydrogens is 192 g/mol. The fraction of sp³-hybridized carbons (Fsp3) is 0.909. The molecular formula is C11H22N2O2. The zero-order chi connectivity index (χ0) is 11.3. The molecule has 0 aromatic heterocycles. The standard InChI is InChI=1S/C11H22N2O2/c1-3-10(12)11(14)13(4-2)7-9-5-6-15-8-9/h9-10H,3-8,12H2,1-2H3. The molecule has 0 radical (unpaired) electrons. The van der Waals surface area contributed by atoms with Gasteiger partial charge in [-0.05, 0) is 19.8 Å². The van der Waals surface area contributed by atoms with E-state index < -0.39 is 0 Å². The summed E-state index contributed by atoms with van der Waals surface area (Å²) in [6.45, 7) is 7.08. The molecule has 1 aliphatic heterocycles. The summed E-state index contributed by atoms with van der Waals surface area (Å²) in [5.41, 5.74) is 5.74. The van der Waals surface area contributed by atoms with E-state index in [0.29, 0.717) is 12.3 Å². The summed E-state index contributed by atoms with van der Waals surface area (Å²) in [5, 5.41) is 0. The highest BCUT2D eigenvalue weighted by Crippen LogP contribution is 2.14. The van der Waals surface area contributed by atoms with E-state index in [2.05, 4.69) is 0 Å². The van der Waals surface area contributed by atoms with Crippen molar-refractivity contribution >= 4 is 5.91 Å². The number of nitrogens with two attached hydrogens (primary N) is 1. The molecule has 0 saturated carbocycles. The molecule has 0 bridgehead atoms. The summed E-state index contributed by atoms with van der Waals surface area (Å²) in [6, 6.07) is -0.340. The maximum Gasteiger partial charge on any atom is 0.239 e. The first-order valence-corrected chi connectivity index (χ1v) is 5.81. The second-order valence-electron chi connectivity index (χ2n) is 4.12. The molecule has 4 nitrogen and oxygen atoms in total. The number of hydrogen-bond acceptors (Lipinski definition) is 3. The zero-order valence-corrected chi connectivity index (χ0v) is 9.74. The molecule has 2 N–H and O–H groups in total. The highest BCUT2D eigenvalue weighted by Gasteiger charge is 2.23. The van der Waals surface area contributed by atoms with Gasteiger partial charge in [-0.15, -0.1) is 0 Å². The largest absolute Gasteiger partial charge is 0.381 e. The van der Waals surface area contributed by atoms with E-state index in [4.69, 9.17) is 10.5 Å². The van der Waals surface area contributed by atoms with Gasteiger partial charge in [0.2, 0.25) is 5.91 Å². The quantitative estimate of drug-likeness (QED) is 0.729. The second-order valence-corrected chi connectivity index (χ2v) is 4.12. The van der Waals surface area contributed by atoms with E-state index in [1.165, 1.54) is 0 Å². The van der Waals surface area contributed by atoms with Gasteiger partial charge in [-0.25, -0.2) is 0 Å².